The Labute approximate surface area is 120 Å². The van der Waals surface area contributed by atoms with E-state index in [9.17, 15) is 13.5 Å². The highest BCUT2D eigenvalue weighted by molar-refractivity contribution is 7.85. The predicted octanol–water partition coefficient (Wildman–Crippen LogP) is 2.04. The lowest BCUT2D eigenvalue weighted by Gasteiger charge is -2.22. The van der Waals surface area contributed by atoms with Gasteiger partial charge >= 0.3 is 0 Å². The molecule has 0 aliphatic heterocycles. The molecular weight excluding hydrogens is 280 g/mol. The van der Waals surface area contributed by atoms with Gasteiger partial charge in [0.05, 0.1) is 18.5 Å². The van der Waals surface area contributed by atoms with Crippen LogP contribution in [0.25, 0.3) is 0 Å². The van der Waals surface area contributed by atoms with Crippen molar-refractivity contribution in [2.75, 3.05) is 19.5 Å². The van der Waals surface area contributed by atoms with Crippen molar-refractivity contribution in [1.82, 2.24) is 0 Å². The summed E-state index contributed by atoms with van der Waals surface area (Å²) in [7, 11) is -2.33. The molecule has 0 bridgehead atoms. The standard InChI is InChI=1S/C14H22O5S/c1-19-11-13(9-5-6-10-20(16,17)18)14(15)12-7-3-2-4-8-12/h2-4,7-8,13-15H,5-6,9-11H2,1H3,(H,16,17,18)/t13-,14-/m0/s1. The van der Waals surface area contributed by atoms with Gasteiger partial charge in [-0.05, 0) is 18.4 Å². The van der Waals surface area contributed by atoms with Crippen molar-refractivity contribution in [3.05, 3.63) is 35.9 Å². The maximum absolute atomic E-state index is 10.6. The van der Waals surface area contributed by atoms with Crippen molar-refractivity contribution in [1.29, 1.82) is 0 Å². The second-order valence-corrected chi connectivity index (χ2v) is 6.42. The average Bonchev–Trinajstić information content (AvgIpc) is 2.41. The fraction of sp³-hybridized carbons (Fsp3) is 0.571. The third kappa shape index (κ3) is 6.47. The molecule has 1 aromatic rings. The SMILES string of the molecule is COC[C@H](CCCCS(=O)(=O)O)[C@@H](O)c1ccccc1. The van der Waals surface area contributed by atoms with Crippen molar-refractivity contribution >= 4 is 10.1 Å². The van der Waals surface area contributed by atoms with Gasteiger partial charge in [-0.2, -0.15) is 8.42 Å². The molecule has 5 nitrogen and oxygen atoms in total. The van der Waals surface area contributed by atoms with Crippen molar-refractivity contribution < 1.29 is 22.8 Å². The Bertz CT molecular complexity index is 472. The van der Waals surface area contributed by atoms with E-state index in [0.29, 0.717) is 25.9 Å². The second kappa shape index (κ2) is 8.36. The van der Waals surface area contributed by atoms with Crippen LogP contribution in [0, 0.1) is 5.92 Å². The lowest BCUT2D eigenvalue weighted by atomic mass is 9.92. The Balaban J connectivity index is 2.51. The minimum Gasteiger partial charge on any atom is -0.388 e. The summed E-state index contributed by atoms with van der Waals surface area (Å²) in [5, 5.41) is 10.3. The molecule has 2 N–H and O–H groups in total. The summed E-state index contributed by atoms with van der Waals surface area (Å²) in [5.74, 6) is -0.336. The number of unbranched alkanes of at least 4 members (excludes halogenated alkanes) is 1. The van der Waals surface area contributed by atoms with Crippen LogP contribution in [0.1, 0.15) is 30.9 Å². The van der Waals surface area contributed by atoms with Gasteiger partial charge in [-0.25, -0.2) is 0 Å². The molecule has 1 rings (SSSR count). The molecule has 0 aliphatic carbocycles. The smallest absolute Gasteiger partial charge is 0.264 e. The number of aliphatic hydroxyl groups excluding tert-OH is 1. The lowest BCUT2D eigenvalue weighted by Crippen LogP contribution is -2.18. The van der Waals surface area contributed by atoms with E-state index in [1.54, 1.807) is 7.11 Å². The Hall–Kier alpha value is -0.950. The maximum Gasteiger partial charge on any atom is 0.264 e. The summed E-state index contributed by atoms with van der Waals surface area (Å²) < 4.78 is 35.1. The van der Waals surface area contributed by atoms with Crippen molar-refractivity contribution in [2.24, 2.45) is 5.92 Å². The number of rotatable bonds is 9. The fourth-order valence-corrected chi connectivity index (χ4v) is 2.73. The quantitative estimate of drug-likeness (QED) is 0.539. The van der Waals surface area contributed by atoms with Crippen LogP contribution in [0.4, 0.5) is 0 Å². The zero-order valence-electron chi connectivity index (χ0n) is 11.6. The van der Waals surface area contributed by atoms with Gasteiger partial charge in [0.2, 0.25) is 0 Å². The predicted molar refractivity (Wildman–Crippen MR) is 77.0 cm³/mol. The minimum atomic E-state index is -3.90. The Kier molecular flexibility index (Phi) is 7.15. The summed E-state index contributed by atoms with van der Waals surface area (Å²) in [6.07, 6.45) is 0.986. The number of hydrogen-bond donors (Lipinski definition) is 2. The van der Waals surface area contributed by atoms with Gasteiger partial charge in [-0.3, -0.25) is 4.55 Å². The van der Waals surface area contributed by atoms with Gasteiger partial charge in [0.25, 0.3) is 10.1 Å². The molecular formula is C14H22O5S. The average molecular weight is 302 g/mol. The first-order valence-electron chi connectivity index (χ1n) is 6.61. The maximum atomic E-state index is 10.6. The minimum absolute atomic E-state index is 0.0937. The Morgan fingerprint density at radius 3 is 2.40 bits per heavy atom. The molecule has 0 saturated carbocycles. The van der Waals surface area contributed by atoms with E-state index in [4.69, 9.17) is 9.29 Å². The molecule has 0 unspecified atom stereocenters. The third-order valence-corrected chi connectivity index (χ3v) is 4.00. The lowest BCUT2D eigenvalue weighted by molar-refractivity contribution is 0.0416. The highest BCUT2D eigenvalue weighted by Gasteiger charge is 2.20. The first kappa shape index (κ1) is 17.1. The number of hydrogen-bond acceptors (Lipinski definition) is 4. The van der Waals surface area contributed by atoms with E-state index in [1.807, 2.05) is 30.3 Å². The largest absolute Gasteiger partial charge is 0.388 e. The van der Waals surface area contributed by atoms with Crippen LogP contribution in [0.15, 0.2) is 30.3 Å². The van der Waals surface area contributed by atoms with Crippen molar-refractivity contribution in [3.8, 4) is 0 Å². The zero-order chi connectivity index (χ0) is 15.0. The van der Waals surface area contributed by atoms with E-state index in [1.165, 1.54) is 0 Å². The topological polar surface area (TPSA) is 83.8 Å². The van der Waals surface area contributed by atoms with Crippen molar-refractivity contribution in [3.63, 3.8) is 0 Å². The highest BCUT2D eigenvalue weighted by Crippen LogP contribution is 2.26. The van der Waals surface area contributed by atoms with E-state index < -0.39 is 16.2 Å². The van der Waals surface area contributed by atoms with Gasteiger partial charge in [-0.1, -0.05) is 36.8 Å². The Morgan fingerprint density at radius 1 is 1.20 bits per heavy atom. The third-order valence-electron chi connectivity index (χ3n) is 3.20. The molecule has 6 heteroatoms. The van der Waals surface area contributed by atoms with E-state index in [0.717, 1.165) is 5.56 Å². The summed E-state index contributed by atoms with van der Waals surface area (Å²) in [6.45, 7) is 0.405. The van der Waals surface area contributed by atoms with Crippen LogP contribution >= 0.6 is 0 Å². The van der Waals surface area contributed by atoms with Gasteiger partial charge in [0.1, 0.15) is 0 Å². The molecule has 0 aliphatic rings. The molecule has 0 saturated heterocycles. The summed E-state index contributed by atoms with van der Waals surface area (Å²) in [4.78, 5) is 0. The first-order valence-corrected chi connectivity index (χ1v) is 8.22. The fourth-order valence-electron chi connectivity index (χ4n) is 2.16. The molecule has 2 atom stereocenters. The molecule has 1 aromatic carbocycles. The van der Waals surface area contributed by atoms with Gasteiger partial charge in [0, 0.05) is 13.0 Å². The van der Waals surface area contributed by atoms with Crippen LogP contribution in [-0.4, -0.2) is 37.5 Å². The van der Waals surface area contributed by atoms with Gasteiger partial charge in [0.15, 0.2) is 0 Å². The van der Waals surface area contributed by atoms with E-state index in [2.05, 4.69) is 0 Å². The second-order valence-electron chi connectivity index (χ2n) is 4.85. The molecule has 20 heavy (non-hydrogen) atoms. The normalized spacial score (nSPS) is 14.9. The monoisotopic (exact) mass is 302 g/mol. The summed E-state index contributed by atoms with van der Waals surface area (Å²) in [5.41, 5.74) is 0.823. The van der Waals surface area contributed by atoms with Gasteiger partial charge < -0.3 is 9.84 Å². The number of ether oxygens (including phenoxy) is 1. The summed E-state index contributed by atoms with van der Waals surface area (Å²) in [6, 6.07) is 9.31. The number of benzene rings is 1. The van der Waals surface area contributed by atoms with E-state index in [-0.39, 0.29) is 11.7 Å². The molecule has 0 fully saturated rings. The molecule has 0 radical (unpaired) electrons. The zero-order valence-corrected chi connectivity index (χ0v) is 12.4. The van der Waals surface area contributed by atoms with Crippen LogP contribution in [0.5, 0.6) is 0 Å². The summed E-state index contributed by atoms with van der Waals surface area (Å²) >= 11 is 0. The number of methoxy groups -OCH3 is 1. The van der Waals surface area contributed by atoms with Crippen LogP contribution in [-0.2, 0) is 14.9 Å². The molecule has 0 aromatic heterocycles. The Morgan fingerprint density at radius 2 is 1.85 bits per heavy atom. The molecule has 114 valence electrons. The first-order chi connectivity index (χ1) is 9.44. The van der Waals surface area contributed by atoms with Crippen molar-refractivity contribution in [2.45, 2.75) is 25.4 Å². The van der Waals surface area contributed by atoms with Crippen LogP contribution in [0.2, 0.25) is 0 Å². The van der Waals surface area contributed by atoms with E-state index >= 15 is 0 Å². The molecule has 0 amide bonds. The molecule has 0 heterocycles. The highest BCUT2D eigenvalue weighted by atomic mass is 32.2. The number of aliphatic hydroxyl groups is 1. The van der Waals surface area contributed by atoms with Gasteiger partial charge in [-0.15, -0.1) is 0 Å². The van der Waals surface area contributed by atoms with Crippen LogP contribution < -0.4 is 0 Å². The molecule has 0 spiro atoms. The van der Waals surface area contributed by atoms with Crippen LogP contribution in [0.3, 0.4) is 0 Å².